The number of hydrogen-bond acceptors (Lipinski definition) is 2. The van der Waals surface area contributed by atoms with Crippen molar-refractivity contribution in [1.82, 2.24) is 0 Å². The van der Waals surface area contributed by atoms with Gasteiger partial charge < -0.3 is 22.5 Å². The van der Waals surface area contributed by atoms with Crippen molar-refractivity contribution in [3.8, 4) is 5.75 Å². The molecule has 0 amide bonds. The summed E-state index contributed by atoms with van der Waals surface area (Å²) in [5.41, 5.74) is 1.03. The van der Waals surface area contributed by atoms with Crippen LogP contribution in [-0.4, -0.2) is 7.11 Å². The molecule has 2 nitrogen and oxygen atoms in total. The lowest BCUT2D eigenvalue weighted by molar-refractivity contribution is -0.00000608. The largest absolute Gasteiger partial charge is 1.00 e. The van der Waals surface area contributed by atoms with E-state index in [2.05, 4.69) is 108 Å². The summed E-state index contributed by atoms with van der Waals surface area (Å²) in [7, 11) is -0.292. The number of benzene rings is 4. The molecule has 1 N–H and O–H groups in total. The summed E-state index contributed by atoms with van der Waals surface area (Å²) in [5, 5.41) is 7.44. The fraction of sp³-hybridized carbons (Fsp3) is 0.0370. The molecule has 4 aromatic rings. The van der Waals surface area contributed by atoms with E-state index in [0.29, 0.717) is 0 Å². The van der Waals surface area contributed by atoms with E-state index in [1.165, 1.54) is 15.9 Å². The summed E-state index contributed by atoms with van der Waals surface area (Å²) in [4.78, 5) is 0. The number of halogens is 1. The summed E-state index contributed by atoms with van der Waals surface area (Å²) in [6, 6.07) is 40.4. The Hall–Kier alpha value is -3.06. The van der Waals surface area contributed by atoms with Gasteiger partial charge in [0.1, 0.15) is 28.9 Å². The second kappa shape index (κ2) is 10.8. The van der Waals surface area contributed by atoms with Gasteiger partial charge in [-0.25, -0.2) is 0 Å². The zero-order valence-electron chi connectivity index (χ0n) is 17.4. The number of ether oxygens (including phenoxy) is 1. The molecule has 0 aromatic heterocycles. The lowest BCUT2D eigenvalue weighted by Crippen LogP contribution is -3.00. The van der Waals surface area contributed by atoms with Gasteiger partial charge >= 0.3 is 0 Å². The Morgan fingerprint density at radius 2 is 1.03 bits per heavy atom. The second-order valence-corrected chi connectivity index (χ2v) is 10.2. The van der Waals surface area contributed by atoms with Gasteiger partial charge in [-0.05, 0) is 60.7 Å². The van der Waals surface area contributed by atoms with Crippen LogP contribution < -0.4 is 38.4 Å². The number of rotatable bonds is 7. The zero-order valence-corrected chi connectivity index (χ0v) is 19.0. The molecule has 4 aromatic carbocycles. The number of methoxy groups -OCH3 is 1. The van der Waals surface area contributed by atoms with Gasteiger partial charge in [0.05, 0.1) is 12.9 Å². The van der Waals surface area contributed by atoms with Crippen molar-refractivity contribution in [1.29, 1.82) is 0 Å². The maximum absolute atomic E-state index is 5.26. The average Bonchev–Trinajstić information content (AvgIpc) is 2.84. The Morgan fingerprint density at radius 1 is 0.613 bits per heavy atom. The monoisotopic (exact) mass is 445 g/mol. The van der Waals surface area contributed by atoms with Gasteiger partial charge in [-0.3, -0.25) is 0 Å². The van der Waals surface area contributed by atoms with Crippen LogP contribution in [0.4, 0.5) is 5.69 Å². The highest BCUT2D eigenvalue weighted by Crippen LogP contribution is 2.56. The zero-order chi connectivity index (χ0) is 20.7. The molecule has 0 saturated heterocycles. The molecule has 0 radical (unpaired) electrons. The Bertz CT molecular complexity index is 988. The first-order valence-corrected chi connectivity index (χ1v) is 11.8. The molecule has 0 aliphatic carbocycles. The number of nitrogens with one attached hydrogen (secondary N) is 1. The second-order valence-electron chi connectivity index (χ2n) is 6.92. The SMILES string of the molecule is COc1ccc(N/C=C/[P+](c2ccccc2)(c2ccccc2)c2ccccc2)cc1.[Cl-]. The molecule has 156 valence electrons. The molecule has 0 aliphatic rings. The van der Waals surface area contributed by atoms with E-state index in [9.17, 15) is 0 Å². The average molecular weight is 446 g/mol. The van der Waals surface area contributed by atoms with Gasteiger partial charge in [-0.15, -0.1) is 0 Å². The van der Waals surface area contributed by atoms with E-state index in [1.807, 2.05) is 24.3 Å². The first-order valence-electron chi connectivity index (χ1n) is 9.97. The minimum atomic E-state index is -1.97. The lowest BCUT2D eigenvalue weighted by Gasteiger charge is -2.24. The van der Waals surface area contributed by atoms with E-state index in [4.69, 9.17) is 4.74 Å². The summed E-state index contributed by atoms with van der Waals surface area (Å²) >= 11 is 0. The minimum Gasteiger partial charge on any atom is -1.00 e. The van der Waals surface area contributed by atoms with Crippen molar-refractivity contribution >= 4 is 28.9 Å². The van der Waals surface area contributed by atoms with Crippen LogP contribution in [0.2, 0.25) is 0 Å². The van der Waals surface area contributed by atoms with Gasteiger partial charge in [0, 0.05) is 11.9 Å². The van der Waals surface area contributed by atoms with Crippen LogP contribution in [0.5, 0.6) is 5.75 Å². The smallest absolute Gasteiger partial charge is 0.138 e. The molecular formula is C27H25ClNOP. The predicted octanol–water partition coefficient (Wildman–Crippen LogP) is 2.58. The van der Waals surface area contributed by atoms with Gasteiger partial charge in [-0.1, -0.05) is 54.6 Å². The fourth-order valence-corrected chi connectivity index (χ4v) is 7.26. The van der Waals surface area contributed by atoms with Crippen molar-refractivity contribution in [2.24, 2.45) is 0 Å². The highest BCUT2D eigenvalue weighted by atomic mass is 35.5. The molecule has 0 atom stereocenters. The summed E-state index contributed by atoms with van der Waals surface area (Å²) < 4.78 is 5.26. The molecule has 0 spiro atoms. The first kappa shape index (κ1) is 22.6. The van der Waals surface area contributed by atoms with E-state index in [0.717, 1.165) is 11.4 Å². The fourth-order valence-electron chi connectivity index (χ4n) is 3.63. The molecule has 0 fully saturated rings. The Morgan fingerprint density at radius 3 is 1.42 bits per heavy atom. The normalized spacial score (nSPS) is 11.0. The summed E-state index contributed by atoms with van der Waals surface area (Å²) in [5.74, 6) is 3.21. The quantitative estimate of drug-likeness (QED) is 0.441. The maximum atomic E-state index is 5.26. The van der Waals surface area contributed by atoms with Gasteiger partial charge in [0.2, 0.25) is 0 Å². The van der Waals surface area contributed by atoms with E-state index >= 15 is 0 Å². The first-order chi connectivity index (χ1) is 14.8. The molecule has 0 unspecified atom stereocenters. The van der Waals surface area contributed by atoms with Crippen molar-refractivity contribution in [2.75, 3.05) is 12.4 Å². The number of hydrogen-bond donors (Lipinski definition) is 1. The molecule has 4 rings (SSSR count). The Kier molecular flexibility index (Phi) is 7.89. The molecule has 0 heterocycles. The predicted molar refractivity (Wildman–Crippen MR) is 131 cm³/mol. The van der Waals surface area contributed by atoms with Crippen LogP contribution in [-0.2, 0) is 0 Å². The van der Waals surface area contributed by atoms with Gasteiger partial charge in [0.25, 0.3) is 0 Å². The van der Waals surface area contributed by atoms with Crippen molar-refractivity contribution < 1.29 is 17.1 Å². The number of anilines is 1. The van der Waals surface area contributed by atoms with Crippen LogP contribution in [0.3, 0.4) is 0 Å². The highest BCUT2D eigenvalue weighted by Gasteiger charge is 2.43. The molecule has 0 saturated carbocycles. The third-order valence-corrected chi connectivity index (χ3v) is 9.06. The summed E-state index contributed by atoms with van der Waals surface area (Å²) in [6.07, 6.45) is 2.09. The highest BCUT2D eigenvalue weighted by molar-refractivity contribution is 7.98. The molecule has 0 bridgehead atoms. The maximum Gasteiger partial charge on any atom is 0.138 e. The third-order valence-electron chi connectivity index (χ3n) is 5.13. The minimum absolute atomic E-state index is 0. The molecule has 4 heteroatoms. The van der Waals surface area contributed by atoms with E-state index in [1.54, 1.807) is 7.11 Å². The Labute approximate surface area is 191 Å². The Balaban J connectivity index is 0.00000272. The van der Waals surface area contributed by atoms with Crippen LogP contribution in [0.1, 0.15) is 0 Å². The molecule has 31 heavy (non-hydrogen) atoms. The van der Waals surface area contributed by atoms with Crippen LogP contribution >= 0.6 is 7.26 Å². The van der Waals surface area contributed by atoms with Crippen LogP contribution in [0.25, 0.3) is 0 Å². The van der Waals surface area contributed by atoms with E-state index in [-0.39, 0.29) is 12.4 Å². The third kappa shape index (κ3) is 4.99. The van der Waals surface area contributed by atoms with Crippen molar-refractivity contribution in [3.63, 3.8) is 0 Å². The summed E-state index contributed by atoms with van der Waals surface area (Å²) in [6.45, 7) is 0. The molecular weight excluding hydrogens is 421 g/mol. The molecule has 0 aliphatic heterocycles. The van der Waals surface area contributed by atoms with Gasteiger partial charge in [0.15, 0.2) is 0 Å². The van der Waals surface area contributed by atoms with Gasteiger partial charge in [-0.2, -0.15) is 0 Å². The van der Waals surface area contributed by atoms with E-state index < -0.39 is 7.26 Å². The van der Waals surface area contributed by atoms with Crippen LogP contribution in [0, 0.1) is 0 Å². The lowest BCUT2D eigenvalue weighted by atomic mass is 10.3. The standard InChI is InChI=1S/C27H25NOP.ClH/c1-29-24-19-17-23(18-20-24)28-21-22-30(25-11-5-2-6-12-25,26-13-7-3-8-14-26)27-15-9-4-10-16-27;/h2-22,28H,1H3;1H/q+1;/p-1/b22-21+;. The van der Waals surface area contributed by atoms with Crippen molar-refractivity contribution in [2.45, 2.75) is 0 Å². The topological polar surface area (TPSA) is 21.3 Å². The van der Waals surface area contributed by atoms with Crippen LogP contribution in [0.15, 0.2) is 127 Å². The van der Waals surface area contributed by atoms with Crippen molar-refractivity contribution in [3.05, 3.63) is 127 Å².